The van der Waals surface area contributed by atoms with Gasteiger partial charge in [0.1, 0.15) is 24.4 Å². The van der Waals surface area contributed by atoms with Crippen molar-refractivity contribution in [3.05, 3.63) is 132 Å². The summed E-state index contributed by atoms with van der Waals surface area (Å²) >= 11 is 0. The van der Waals surface area contributed by atoms with Crippen LogP contribution in [0, 0.1) is 0 Å². The molecule has 14 nitrogen and oxygen atoms in total. The Bertz CT molecular complexity index is 2390. The van der Waals surface area contributed by atoms with Crippen molar-refractivity contribution in [2.24, 2.45) is 0 Å². The van der Waals surface area contributed by atoms with Gasteiger partial charge in [0, 0.05) is 50.5 Å². The molecule has 2 heterocycles. The van der Waals surface area contributed by atoms with Gasteiger partial charge in [-0.1, -0.05) is 142 Å². The van der Waals surface area contributed by atoms with Gasteiger partial charge in [0.05, 0.1) is 12.1 Å². The molecule has 2 aliphatic rings. The number of benzene rings is 4. The molecule has 0 unspecified atom stereocenters. The van der Waals surface area contributed by atoms with E-state index in [1.807, 2.05) is 147 Å². The number of likely N-dealkylation sites (tertiary alicyclic amines) is 2. The van der Waals surface area contributed by atoms with Crippen LogP contribution in [0.15, 0.2) is 121 Å². The monoisotopic (exact) mass is 1080 g/mol. The molecule has 1 N–H and O–H groups in total. The lowest BCUT2D eigenvalue weighted by Crippen LogP contribution is -2.66. The molecule has 6 rings (SSSR count). The zero-order valence-corrected chi connectivity index (χ0v) is 49.4. The number of nitrogens with zero attached hydrogens (tertiary/aromatic N) is 4. The van der Waals surface area contributed by atoms with Crippen molar-refractivity contribution in [2.45, 2.75) is 194 Å². The fraction of sp³-hybridized carbons (Fsp3) is 0.548. The van der Waals surface area contributed by atoms with Crippen LogP contribution < -0.4 is 10.4 Å². The minimum atomic E-state index is -2.72. The average molecular weight is 1080 g/mol. The Hall–Kier alpha value is -5.90. The first-order valence-corrected chi connectivity index (χ1v) is 29.6. The maximum absolute atomic E-state index is 13.7. The fourth-order valence-corrected chi connectivity index (χ4v) is 15.1. The number of piperidine rings is 2. The maximum Gasteiger partial charge on any atom is 0.410 e. The quantitative estimate of drug-likeness (QED) is 0.0849. The van der Waals surface area contributed by atoms with Crippen molar-refractivity contribution in [3.8, 4) is 0 Å². The van der Waals surface area contributed by atoms with E-state index >= 15 is 0 Å². The molecule has 0 aliphatic carbocycles. The highest BCUT2D eigenvalue weighted by Crippen LogP contribution is 2.38. The molecule has 2 saturated heterocycles. The van der Waals surface area contributed by atoms with E-state index in [4.69, 9.17) is 23.4 Å². The Morgan fingerprint density at radius 2 is 0.896 bits per heavy atom. The van der Waals surface area contributed by atoms with Gasteiger partial charge in [-0.3, -0.25) is 0 Å². The molecule has 4 aromatic rings. The summed E-state index contributed by atoms with van der Waals surface area (Å²) in [5, 5.41) is 11.7. The highest BCUT2D eigenvalue weighted by Gasteiger charge is 2.50. The van der Waals surface area contributed by atoms with Gasteiger partial charge in [-0.25, -0.2) is 19.2 Å². The third-order valence-corrected chi connectivity index (χ3v) is 19.0. The van der Waals surface area contributed by atoms with Gasteiger partial charge in [-0.05, 0) is 134 Å². The molecule has 0 saturated carbocycles. The van der Waals surface area contributed by atoms with Gasteiger partial charge in [0.25, 0.3) is 8.32 Å². The molecular weight excluding hydrogens is 989 g/mol. The van der Waals surface area contributed by atoms with Crippen molar-refractivity contribution in [2.75, 3.05) is 26.3 Å². The molecule has 77 heavy (non-hydrogen) atoms. The average Bonchev–Trinajstić information content (AvgIpc) is 3.37. The van der Waals surface area contributed by atoms with Crippen LogP contribution in [0.1, 0.15) is 140 Å². The Morgan fingerprint density at radius 3 is 1.22 bits per heavy atom. The van der Waals surface area contributed by atoms with Crippen molar-refractivity contribution < 1.29 is 47.7 Å². The number of amides is 4. The van der Waals surface area contributed by atoms with E-state index in [2.05, 4.69) is 69.3 Å². The van der Waals surface area contributed by atoms with Gasteiger partial charge in [0.15, 0.2) is 0 Å². The Labute approximate surface area is 461 Å². The van der Waals surface area contributed by atoms with Crippen LogP contribution in [0.4, 0.5) is 19.2 Å². The van der Waals surface area contributed by atoms with Gasteiger partial charge in [-0.2, -0.15) is 0 Å². The van der Waals surface area contributed by atoms with Crippen LogP contribution in [0.3, 0.4) is 0 Å². The second-order valence-corrected chi connectivity index (χ2v) is 28.2. The number of ether oxygens (including phenoxy) is 4. The molecule has 0 spiro atoms. The third kappa shape index (κ3) is 17.8. The minimum absolute atomic E-state index is 0.00163. The fourth-order valence-electron chi connectivity index (χ4n) is 10.6. The number of rotatable bonds is 16. The summed E-state index contributed by atoms with van der Waals surface area (Å²) in [7, 11) is -2.72. The van der Waals surface area contributed by atoms with Crippen molar-refractivity contribution in [3.63, 3.8) is 0 Å². The number of hydrogen-bond donors (Lipinski definition) is 1. The minimum Gasteiger partial charge on any atom is -0.445 e. The third-order valence-electron chi connectivity index (χ3n) is 14.0. The molecule has 4 aromatic carbocycles. The first-order chi connectivity index (χ1) is 36.3. The summed E-state index contributed by atoms with van der Waals surface area (Å²) in [5.41, 5.74) is 0.605. The van der Waals surface area contributed by atoms with E-state index in [1.165, 1.54) is 10.4 Å². The smallest absolute Gasteiger partial charge is 0.410 e. The number of hydrogen-bond acceptors (Lipinski definition) is 10. The summed E-state index contributed by atoms with van der Waals surface area (Å²) in [5.74, 6) is 0. The highest BCUT2D eigenvalue weighted by atomic mass is 28.4. The normalized spacial score (nSPS) is 18.2. The van der Waals surface area contributed by atoms with E-state index in [0.717, 1.165) is 30.4 Å². The molecule has 2 fully saturated rings. The van der Waals surface area contributed by atoms with Crippen LogP contribution in [0.5, 0.6) is 0 Å². The zero-order valence-electron chi connectivity index (χ0n) is 48.4. The number of aliphatic hydroxyl groups is 1. The van der Waals surface area contributed by atoms with E-state index in [1.54, 1.807) is 14.7 Å². The molecule has 4 amide bonds. The van der Waals surface area contributed by atoms with Gasteiger partial charge < -0.3 is 48.1 Å². The predicted octanol–water partition coefficient (Wildman–Crippen LogP) is 12.0. The van der Waals surface area contributed by atoms with Crippen LogP contribution in [-0.4, -0.2) is 131 Å². The van der Waals surface area contributed by atoms with Gasteiger partial charge >= 0.3 is 24.4 Å². The first-order valence-electron chi connectivity index (χ1n) is 27.7. The largest absolute Gasteiger partial charge is 0.445 e. The van der Waals surface area contributed by atoms with Crippen LogP contribution in [-0.2, 0) is 36.6 Å². The summed E-state index contributed by atoms with van der Waals surface area (Å²) < 4.78 is 30.0. The Kier molecular flexibility index (Phi) is 22.6. The Morgan fingerprint density at radius 1 is 0.545 bits per heavy atom. The van der Waals surface area contributed by atoms with E-state index in [-0.39, 0.29) is 79.4 Å². The van der Waals surface area contributed by atoms with Crippen LogP contribution >= 0.6 is 0 Å². The predicted molar refractivity (Wildman–Crippen MR) is 307 cm³/mol. The highest BCUT2D eigenvalue weighted by molar-refractivity contribution is 6.99. The molecule has 4 atom stereocenters. The molecule has 422 valence electrons. The van der Waals surface area contributed by atoms with Crippen molar-refractivity contribution in [1.29, 1.82) is 0 Å². The van der Waals surface area contributed by atoms with Crippen LogP contribution in [0.2, 0.25) is 5.04 Å². The van der Waals surface area contributed by atoms with Gasteiger partial charge in [0.2, 0.25) is 0 Å². The molecule has 0 aromatic heterocycles. The lowest BCUT2D eigenvalue weighted by atomic mass is 9.95. The zero-order chi connectivity index (χ0) is 56.6. The number of aliphatic hydroxyl groups excluding tert-OH is 1. The first kappa shape index (κ1) is 61.9. The lowest BCUT2D eigenvalue weighted by Gasteiger charge is -2.46. The van der Waals surface area contributed by atoms with Crippen molar-refractivity contribution in [1.82, 2.24) is 19.6 Å². The number of carbonyl (C=O) groups is 4. The topological polar surface area (TPSA) is 148 Å². The maximum atomic E-state index is 13.7. The van der Waals surface area contributed by atoms with E-state index < -0.39 is 25.6 Å². The standard InChI is InChI=1S/C39H54N2O5Si.C23H36N2O5/c1-30(2)41(37(43)44-29-31-18-12-9-13-19-31)33-25-24-32(40(28-33)36(42)46-38(3,4)5)26-27-45-47(39(6,7)8,34-20-14-10-15-21-34)35-22-16-11-17-23-35;1-17(2)25(22(28)29-16-18-9-7-6-8-10-18)20-12-11-19(13-14-26)24(15-20)21(27)30-23(3,4)5/h9-23,30,32-33H,24-29H2,1-8H3;6-10,17,19-20,26H,11-16H2,1-5H3/t32-,33-;19-,20-/m11/s1. The molecule has 15 heteroatoms. The summed E-state index contributed by atoms with van der Waals surface area (Å²) in [4.78, 5) is 59.9. The second kappa shape index (κ2) is 28.1. The molecule has 0 bridgehead atoms. The summed E-state index contributed by atoms with van der Waals surface area (Å²) in [6.45, 7) is 27.5. The van der Waals surface area contributed by atoms with Gasteiger partial charge in [-0.15, -0.1) is 0 Å². The summed E-state index contributed by atoms with van der Waals surface area (Å²) in [6, 6.07) is 39.7. The Balaban J connectivity index is 0.000000314. The van der Waals surface area contributed by atoms with E-state index in [9.17, 15) is 24.3 Å². The second-order valence-electron chi connectivity index (χ2n) is 23.9. The SMILES string of the molecule is CC(C)N(C(=O)OCc1ccccc1)[C@@H]1CC[C@H](CCO)N(C(=O)OC(C)(C)C)C1.CC(C)N(C(=O)OCc1ccccc1)[C@@H]1CC[C@H](CCO[Si](c2ccccc2)(c2ccccc2)C(C)(C)C)N(C(=O)OC(C)(C)C)C1. The lowest BCUT2D eigenvalue weighted by molar-refractivity contribution is -0.0131. The van der Waals surface area contributed by atoms with Crippen LogP contribution in [0.25, 0.3) is 0 Å². The number of carbonyl (C=O) groups excluding carboxylic acids is 4. The molecular formula is C62H90N4O10Si. The molecule has 2 aliphatic heterocycles. The molecule has 0 radical (unpaired) electrons. The summed E-state index contributed by atoms with van der Waals surface area (Å²) in [6.07, 6.45) is 2.54. The van der Waals surface area contributed by atoms with Crippen molar-refractivity contribution >= 4 is 43.1 Å². The van der Waals surface area contributed by atoms with E-state index in [0.29, 0.717) is 39.0 Å².